The molecule has 124 valence electrons. The number of fused-ring (bicyclic) bond motifs is 1. The topological polar surface area (TPSA) is 87.1 Å². The zero-order valence-electron chi connectivity index (χ0n) is 13.1. The van der Waals surface area contributed by atoms with Gasteiger partial charge in [-0.05, 0) is 24.3 Å². The average Bonchev–Trinajstić information content (AvgIpc) is 3.31. The van der Waals surface area contributed by atoms with Gasteiger partial charge in [-0.3, -0.25) is 4.90 Å². The number of likely N-dealkylation sites (tertiary alicyclic amines) is 1. The van der Waals surface area contributed by atoms with Gasteiger partial charge in [0.05, 0.1) is 10.2 Å². The SMILES string of the molecule is OC(c1nc(NCc2cncnc2)nc2ccsc12)N1CCCC1. The number of anilines is 1. The van der Waals surface area contributed by atoms with E-state index >= 15 is 0 Å². The molecule has 0 aromatic carbocycles. The van der Waals surface area contributed by atoms with Crippen LogP contribution in [0.5, 0.6) is 0 Å². The van der Waals surface area contributed by atoms with Crippen molar-refractivity contribution < 1.29 is 5.11 Å². The van der Waals surface area contributed by atoms with Crippen LogP contribution in [0.25, 0.3) is 10.2 Å². The summed E-state index contributed by atoms with van der Waals surface area (Å²) in [6, 6.07) is 1.96. The van der Waals surface area contributed by atoms with E-state index < -0.39 is 6.23 Å². The maximum Gasteiger partial charge on any atom is 0.223 e. The first-order valence-electron chi connectivity index (χ1n) is 7.96. The maximum absolute atomic E-state index is 10.7. The second kappa shape index (κ2) is 6.76. The Balaban J connectivity index is 1.62. The first-order chi connectivity index (χ1) is 11.8. The fraction of sp³-hybridized carbons (Fsp3) is 0.375. The van der Waals surface area contributed by atoms with E-state index in [9.17, 15) is 5.11 Å². The highest BCUT2D eigenvalue weighted by atomic mass is 32.1. The van der Waals surface area contributed by atoms with Crippen LogP contribution in [0.15, 0.2) is 30.2 Å². The molecular formula is C16H18N6OS. The van der Waals surface area contributed by atoms with E-state index in [0.717, 1.165) is 41.7 Å². The van der Waals surface area contributed by atoms with E-state index in [4.69, 9.17) is 0 Å². The summed E-state index contributed by atoms with van der Waals surface area (Å²) in [4.78, 5) is 19.2. The van der Waals surface area contributed by atoms with Gasteiger partial charge < -0.3 is 10.4 Å². The van der Waals surface area contributed by atoms with Gasteiger partial charge in [-0.2, -0.15) is 0 Å². The number of aliphatic hydroxyl groups excluding tert-OH is 1. The highest BCUT2D eigenvalue weighted by Gasteiger charge is 2.25. The quantitative estimate of drug-likeness (QED) is 0.735. The van der Waals surface area contributed by atoms with Gasteiger partial charge in [0.1, 0.15) is 12.0 Å². The molecule has 1 aliphatic heterocycles. The van der Waals surface area contributed by atoms with E-state index in [1.165, 1.54) is 6.33 Å². The second-order valence-corrected chi connectivity index (χ2v) is 6.70. The highest BCUT2D eigenvalue weighted by Crippen LogP contribution is 2.31. The number of nitrogens with one attached hydrogen (secondary N) is 1. The predicted molar refractivity (Wildman–Crippen MR) is 92.5 cm³/mol. The molecule has 1 unspecified atom stereocenters. The monoisotopic (exact) mass is 342 g/mol. The lowest BCUT2D eigenvalue weighted by atomic mass is 10.3. The van der Waals surface area contributed by atoms with E-state index in [1.807, 2.05) is 11.4 Å². The molecule has 24 heavy (non-hydrogen) atoms. The molecule has 0 bridgehead atoms. The predicted octanol–water partition coefficient (Wildman–Crippen LogP) is 2.18. The van der Waals surface area contributed by atoms with Crippen LogP contribution < -0.4 is 5.32 Å². The summed E-state index contributed by atoms with van der Waals surface area (Å²) in [6.45, 7) is 2.35. The van der Waals surface area contributed by atoms with Crippen LogP contribution in [-0.4, -0.2) is 43.0 Å². The fourth-order valence-electron chi connectivity index (χ4n) is 2.90. The molecule has 0 saturated carbocycles. The molecule has 1 fully saturated rings. The highest BCUT2D eigenvalue weighted by molar-refractivity contribution is 7.17. The fourth-order valence-corrected chi connectivity index (χ4v) is 3.74. The lowest BCUT2D eigenvalue weighted by molar-refractivity contribution is 0.0170. The Kier molecular flexibility index (Phi) is 4.33. The molecule has 0 amide bonds. The van der Waals surface area contributed by atoms with Gasteiger partial charge >= 0.3 is 0 Å². The molecule has 8 heteroatoms. The Morgan fingerprint density at radius 1 is 1.21 bits per heavy atom. The average molecular weight is 342 g/mol. The van der Waals surface area contributed by atoms with E-state index in [0.29, 0.717) is 18.2 Å². The first kappa shape index (κ1) is 15.4. The Labute approximate surface area is 143 Å². The molecule has 0 aliphatic carbocycles. The Hall–Kier alpha value is -2.16. The zero-order chi connectivity index (χ0) is 16.4. The van der Waals surface area contributed by atoms with Crippen LogP contribution in [-0.2, 0) is 6.54 Å². The minimum atomic E-state index is -0.683. The summed E-state index contributed by atoms with van der Waals surface area (Å²) in [7, 11) is 0. The van der Waals surface area contributed by atoms with Crippen molar-refractivity contribution in [3.8, 4) is 0 Å². The van der Waals surface area contributed by atoms with Gasteiger partial charge in [0.25, 0.3) is 0 Å². The number of hydrogen-bond donors (Lipinski definition) is 2. The van der Waals surface area contributed by atoms with Crippen molar-refractivity contribution >= 4 is 27.5 Å². The second-order valence-electron chi connectivity index (χ2n) is 5.78. The van der Waals surface area contributed by atoms with Gasteiger partial charge in [-0.1, -0.05) is 0 Å². The Morgan fingerprint density at radius 3 is 2.79 bits per heavy atom. The van der Waals surface area contributed by atoms with Crippen molar-refractivity contribution in [2.24, 2.45) is 0 Å². The molecule has 2 N–H and O–H groups in total. The third kappa shape index (κ3) is 3.08. The minimum Gasteiger partial charge on any atom is -0.372 e. The van der Waals surface area contributed by atoms with Crippen LogP contribution in [0.3, 0.4) is 0 Å². The number of nitrogens with zero attached hydrogens (tertiary/aromatic N) is 5. The van der Waals surface area contributed by atoms with Crippen molar-refractivity contribution in [1.82, 2.24) is 24.8 Å². The van der Waals surface area contributed by atoms with Crippen molar-refractivity contribution in [3.63, 3.8) is 0 Å². The molecule has 0 radical (unpaired) electrons. The Bertz CT molecular complexity index is 818. The van der Waals surface area contributed by atoms with Gasteiger partial charge in [0.2, 0.25) is 5.95 Å². The van der Waals surface area contributed by atoms with Crippen molar-refractivity contribution in [1.29, 1.82) is 0 Å². The zero-order valence-corrected chi connectivity index (χ0v) is 13.9. The van der Waals surface area contributed by atoms with Gasteiger partial charge in [0, 0.05) is 37.6 Å². The van der Waals surface area contributed by atoms with Crippen LogP contribution in [0, 0.1) is 0 Å². The molecule has 0 spiro atoms. The minimum absolute atomic E-state index is 0.512. The standard InChI is InChI=1S/C16H18N6OS/c23-15(22-4-1-2-5-22)13-14-12(3-6-24-14)20-16(21-13)19-9-11-7-17-10-18-8-11/h3,6-8,10,15,23H,1-2,4-5,9H2,(H,19,20,21). The van der Waals surface area contributed by atoms with Crippen LogP contribution in [0.4, 0.5) is 5.95 Å². The third-order valence-electron chi connectivity index (χ3n) is 4.13. The molecule has 1 saturated heterocycles. The number of thiophene rings is 1. The van der Waals surface area contributed by atoms with E-state index in [1.54, 1.807) is 23.7 Å². The normalized spacial score (nSPS) is 16.5. The largest absolute Gasteiger partial charge is 0.372 e. The molecule has 7 nitrogen and oxygen atoms in total. The summed E-state index contributed by atoms with van der Waals surface area (Å²) in [5, 5.41) is 15.9. The van der Waals surface area contributed by atoms with Gasteiger partial charge in [-0.15, -0.1) is 11.3 Å². The number of rotatable bonds is 5. The maximum atomic E-state index is 10.7. The first-order valence-corrected chi connectivity index (χ1v) is 8.84. The Morgan fingerprint density at radius 2 is 2.00 bits per heavy atom. The van der Waals surface area contributed by atoms with Crippen LogP contribution in [0.1, 0.15) is 30.3 Å². The van der Waals surface area contributed by atoms with Gasteiger partial charge in [0.15, 0.2) is 6.23 Å². The van der Waals surface area contributed by atoms with Crippen LogP contribution in [0.2, 0.25) is 0 Å². The molecule has 1 aliphatic rings. The van der Waals surface area contributed by atoms with Crippen LogP contribution >= 0.6 is 11.3 Å². The molecule has 4 heterocycles. The smallest absolute Gasteiger partial charge is 0.223 e. The molecule has 3 aromatic heterocycles. The van der Waals surface area contributed by atoms with E-state index in [2.05, 4.69) is 30.2 Å². The molecule has 3 aromatic rings. The molecule has 1 atom stereocenters. The van der Waals surface area contributed by atoms with Crippen molar-refractivity contribution in [2.75, 3.05) is 18.4 Å². The molecular weight excluding hydrogens is 324 g/mol. The summed E-state index contributed by atoms with van der Waals surface area (Å²) in [6.07, 6.45) is 6.56. The third-order valence-corrected chi connectivity index (χ3v) is 5.05. The summed E-state index contributed by atoms with van der Waals surface area (Å²) in [5.74, 6) is 0.512. The summed E-state index contributed by atoms with van der Waals surface area (Å²) < 4.78 is 0.947. The van der Waals surface area contributed by atoms with Crippen molar-refractivity contribution in [2.45, 2.75) is 25.6 Å². The lowest BCUT2D eigenvalue weighted by Crippen LogP contribution is -2.26. The summed E-state index contributed by atoms with van der Waals surface area (Å²) in [5.41, 5.74) is 2.49. The van der Waals surface area contributed by atoms with Crippen molar-refractivity contribution in [3.05, 3.63) is 41.4 Å². The molecule has 4 rings (SSSR count). The van der Waals surface area contributed by atoms with Gasteiger partial charge in [-0.25, -0.2) is 19.9 Å². The summed E-state index contributed by atoms with van der Waals surface area (Å²) >= 11 is 1.56. The number of aliphatic hydroxyl groups is 1. The van der Waals surface area contributed by atoms with E-state index in [-0.39, 0.29) is 0 Å². The number of hydrogen-bond acceptors (Lipinski definition) is 8. The lowest BCUT2D eigenvalue weighted by Gasteiger charge is -2.22. The number of aromatic nitrogens is 4.